The number of anilines is 2. The molecular weight excluding hydrogens is 332 g/mol. The smallest absolute Gasteiger partial charge is 0.338 e. The van der Waals surface area contributed by atoms with Gasteiger partial charge in [-0.15, -0.1) is 0 Å². The minimum atomic E-state index is -0.470. The average Bonchev–Trinajstić information content (AvgIpc) is 2.63. The average molecular weight is 354 g/mol. The SMILES string of the molecule is Nc1cccc(C(=O)O[C@@H]2CCCC[C@H]2OC(=O)c2cccc(N)c2)c1. The van der Waals surface area contributed by atoms with Gasteiger partial charge in [-0.05, 0) is 62.1 Å². The summed E-state index contributed by atoms with van der Waals surface area (Å²) in [7, 11) is 0. The lowest BCUT2D eigenvalue weighted by molar-refractivity contribution is -0.0514. The molecule has 2 atom stereocenters. The summed E-state index contributed by atoms with van der Waals surface area (Å²) in [6.45, 7) is 0. The number of nitrogen functional groups attached to an aromatic ring is 2. The molecule has 0 aliphatic heterocycles. The van der Waals surface area contributed by atoms with Gasteiger partial charge in [0.05, 0.1) is 11.1 Å². The van der Waals surface area contributed by atoms with Crippen molar-refractivity contribution in [3.63, 3.8) is 0 Å². The highest BCUT2D eigenvalue weighted by Crippen LogP contribution is 2.26. The summed E-state index contributed by atoms with van der Waals surface area (Å²) in [4.78, 5) is 24.8. The lowest BCUT2D eigenvalue weighted by Gasteiger charge is -2.30. The van der Waals surface area contributed by atoms with Gasteiger partial charge >= 0.3 is 11.9 Å². The van der Waals surface area contributed by atoms with Crippen LogP contribution in [0.1, 0.15) is 46.4 Å². The number of carbonyl (C=O) groups is 2. The lowest BCUT2D eigenvalue weighted by atomic mass is 9.94. The van der Waals surface area contributed by atoms with Crippen molar-refractivity contribution in [1.29, 1.82) is 0 Å². The molecule has 4 N–H and O–H groups in total. The summed E-state index contributed by atoms with van der Waals surface area (Å²) < 4.78 is 11.2. The molecule has 1 saturated carbocycles. The van der Waals surface area contributed by atoms with E-state index in [1.807, 2.05) is 0 Å². The van der Waals surface area contributed by atoms with E-state index < -0.39 is 24.1 Å². The Kier molecular flexibility index (Phi) is 5.41. The van der Waals surface area contributed by atoms with Crippen LogP contribution in [0.25, 0.3) is 0 Å². The molecule has 0 heterocycles. The Bertz CT molecular complexity index is 738. The van der Waals surface area contributed by atoms with E-state index in [2.05, 4.69) is 0 Å². The maximum Gasteiger partial charge on any atom is 0.338 e. The summed E-state index contributed by atoms with van der Waals surface area (Å²) in [5.41, 5.74) is 13.2. The predicted molar refractivity (Wildman–Crippen MR) is 98.6 cm³/mol. The van der Waals surface area contributed by atoms with Gasteiger partial charge in [0, 0.05) is 11.4 Å². The van der Waals surface area contributed by atoms with Gasteiger partial charge in [0.1, 0.15) is 12.2 Å². The third-order valence-electron chi connectivity index (χ3n) is 4.40. The fourth-order valence-corrected chi connectivity index (χ4v) is 3.07. The molecule has 6 heteroatoms. The van der Waals surface area contributed by atoms with Crippen LogP contribution in [-0.4, -0.2) is 24.1 Å². The number of hydrogen-bond donors (Lipinski definition) is 2. The zero-order valence-corrected chi connectivity index (χ0v) is 14.4. The van der Waals surface area contributed by atoms with Gasteiger partial charge in [0.2, 0.25) is 0 Å². The number of esters is 2. The Morgan fingerprint density at radius 3 is 1.58 bits per heavy atom. The van der Waals surface area contributed by atoms with Crippen LogP contribution in [0.15, 0.2) is 48.5 Å². The first-order valence-electron chi connectivity index (χ1n) is 8.66. The fraction of sp³-hybridized carbons (Fsp3) is 0.300. The molecular formula is C20H22N2O4. The number of carbonyl (C=O) groups excluding carboxylic acids is 2. The normalized spacial score (nSPS) is 19.5. The monoisotopic (exact) mass is 354 g/mol. The molecule has 0 radical (unpaired) electrons. The van der Waals surface area contributed by atoms with Gasteiger partial charge in [0.25, 0.3) is 0 Å². The summed E-state index contributed by atoms with van der Waals surface area (Å²) >= 11 is 0. The van der Waals surface area contributed by atoms with E-state index in [4.69, 9.17) is 20.9 Å². The summed E-state index contributed by atoms with van der Waals surface area (Å²) in [6, 6.07) is 13.2. The molecule has 0 spiro atoms. The van der Waals surface area contributed by atoms with Gasteiger partial charge in [-0.2, -0.15) is 0 Å². The Labute approximate surface area is 152 Å². The number of ether oxygens (including phenoxy) is 2. The van der Waals surface area contributed by atoms with Crippen molar-refractivity contribution in [3.8, 4) is 0 Å². The van der Waals surface area contributed by atoms with Crippen LogP contribution in [0.2, 0.25) is 0 Å². The zero-order valence-electron chi connectivity index (χ0n) is 14.4. The molecule has 6 nitrogen and oxygen atoms in total. The van der Waals surface area contributed by atoms with Crippen LogP contribution in [0.4, 0.5) is 11.4 Å². The van der Waals surface area contributed by atoms with Crippen molar-refractivity contribution in [2.24, 2.45) is 0 Å². The van der Waals surface area contributed by atoms with Crippen LogP contribution in [0.5, 0.6) is 0 Å². The maximum absolute atomic E-state index is 12.4. The lowest BCUT2D eigenvalue weighted by Crippen LogP contribution is -2.37. The topological polar surface area (TPSA) is 105 Å². The fourth-order valence-electron chi connectivity index (χ4n) is 3.07. The quantitative estimate of drug-likeness (QED) is 0.645. The van der Waals surface area contributed by atoms with Crippen molar-refractivity contribution in [3.05, 3.63) is 59.7 Å². The first-order chi connectivity index (χ1) is 12.5. The standard InChI is InChI=1S/C20H22N2O4/c21-15-7-3-5-13(11-15)19(23)25-17-9-1-2-10-18(17)26-20(24)14-6-4-8-16(22)12-14/h3-8,11-12,17-18H,1-2,9-10,21-22H2/t17-,18-/m1/s1. The van der Waals surface area contributed by atoms with Gasteiger partial charge in [0.15, 0.2) is 0 Å². The Morgan fingerprint density at radius 2 is 1.19 bits per heavy atom. The van der Waals surface area contributed by atoms with Crippen LogP contribution < -0.4 is 11.5 Å². The zero-order chi connectivity index (χ0) is 18.5. The summed E-state index contributed by atoms with van der Waals surface area (Å²) in [6.07, 6.45) is 2.21. The maximum atomic E-state index is 12.4. The third-order valence-corrected chi connectivity index (χ3v) is 4.40. The van der Waals surface area contributed by atoms with E-state index in [0.717, 1.165) is 12.8 Å². The number of hydrogen-bond acceptors (Lipinski definition) is 6. The molecule has 2 aromatic carbocycles. The van der Waals surface area contributed by atoms with Crippen LogP contribution in [0, 0.1) is 0 Å². The van der Waals surface area contributed by atoms with E-state index in [9.17, 15) is 9.59 Å². The summed E-state index contributed by atoms with van der Waals surface area (Å²) in [5, 5.41) is 0. The molecule has 1 fully saturated rings. The molecule has 0 saturated heterocycles. The highest BCUT2D eigenvalue weighted by molar-refractivity contribution is 5.91. The molecule has 1 aliphatic rings. The van der Waals surface area contributed by atoms with Crippen LogP contribution in [0.3, 0.4) is 0 Å². The van der Waals surface area contributed by atoms with Gasteiger partial charge in [-0.1, -0.05) is 12.1 Å². The van der Waals surface area contributed by atoms with Crippen LogP contribution >= 0.6 is 0 Å². The van der Waals surface area contributed by atoms with E-state index in [1.165, 1.54) is 0 Å². The van der Waals surface area contributed by atoms with E-state index >= 15 is 0 Å². The van der Waals surface area contributed by atoms with Gasteiger partial charge in [-0.25, -0.2) is 9.59 Å². The molecule has 0 aromatic heterocycles. The second-order valence-corrected chi connectivity index (χ2v) is 6.42. The Hall–Kier alpha value is -3.02. The molecule has 0 amide bonds. The first kappa shape index (κ1) is 17.8. The van der Waals surface area contributed by atoms with Crippen molar-refractivity contribution in [2.75, 3.05) is 11.5 Å². The predicted octanol–water partition coefficient (Wildman–Crippen LogP) is 3.18. The minimum Gasteiger partial charge on any atom is -0.455 e. The van der Waals surface area contributed by atoms with Crippen molar-refractivity contribution >= 4 is 23.3 Å². The van der Waals surface area contributed by atoms with E-state index in [-0.39, 0.29) is 0 Å². The molecule has 0 bridgehead atoms. The second kappa shape index (κ2) is 7.91. The largest absolute Gasteiger partial charge is 0.455 e. The second-order valence-electron chi connectivity index (χ2n) is 6.42. The molecule has 136 valence electrons. The minimum absolute atomic E-state index is 0.386. The van der Waals surface area contributed by atoms with E-state index in [0.29, 0.717) is 35.3 Å². The highest BCUT2D eigenvalue weighted by Gasteiger charge is 2.32. The number of benzene rings is 2. The first-order valence-corrected chi connectivity index (χ1v) is 8.66. The molecule has 1 aliphatic carbocycles. The molecule has 26 heavy (non-hydrogen) atoms. The third kappa shape index (κ3) is 4.33. The van der Waals surface area contributed by atoms with Crippen LogP contribution in [-0.2, 0) is 9.47 Å². The Balaban J connectivity index is 1.67. The molecule has 3 rings (SSSR count). The van der Waals surface area contributed by atoms with Crippen molar-refractivity contribution < 1.29 is 19.1 Å². The molecule has 0 unspecified atom stereocenters. The van der Waals surface area contributed by atoms with Crippen molar-refractivity contribution in [2.45, 2.75) is 37.9 Å². The Morgan fingerprint density at radius 1 is 0.769 bits per heavy atom. The molecule has 2 aromatic rings. The number of nitrogens with two attached hydrogens (primary N) is 2. The number of rotatable bonds is 4. The van der Waals surface area contributed by atoms with Crippen molar-refractivity contribution in [1.82, 2.24) is 0 Å². The van der Waals surface area contributed by atoms with Gasteiger partial charge < -0.3 is 20.9 Å². The van der Waals surface area contributed by atoms with E-state index in [1.54, 1.807) is 48.5 Å². The summed E-state index contributed by atoms with van der Waals surface area (Å²) in [5.74, 6) is -0.927. The highest BCUT2D eigenvalue weighted by atomic mass is 16.6. The van der Waals surface area contributed by atoms with Gasteiger partial charge in [-0.3, -0.25) is 0 Å².